The summed E-state index contributed by atoms with van der Waals surface area (Å²) in [5.74, 6) is -0.177. The van der Waals surface area contributed by atoms with Crippen molar-refractivity contribution in [2.24, 2.45) is 0 Å². The van der Waals surface area contributed by atoms with Gasteiger partial charge in [-0.1, -0.05) is 12.1 Å². The van der Waals surface area contributed by atoms with Crippen LogP contribution in [0.25, 0.3) is 5.57 Å². The Kier molecular flexibility index (Phi) is 6.19. The number of aromatic amines is 1. The number of hydrogen-bond acceptors (Lipinski definition) is 6. The molecule has 5 rings (SSSR count). The molecule has 0 saturated carbocycles. The molecule has 34 heavy (non-hydrogen) atoms. The van der Waals surface area contributed by atoms with E-state index >= 15 is 4.39 Å². The lowest BCUT2D eigenvalue weighted by atomic mass is 9.91. The number of aromatic nitrogens is 3. The normalized spacial score (nSPS) is 22.8. The minimum Gasteiger partial charge on any atom is -0.371 e. The molecule has 8 nitrogen and oxygen atoms in total. The van der Waals surface area contributed by atoms with Crippen molar-refractivity contribution in [1.82, 2.24) is 35.6 Å². The Balaban J connectivity index is 1.30. The summed E-state index contributed by atoms with van der Waals surface area (Å²) in [4.78, 5) is 26.7. The van der Waals surface area contributed by atoms with E-state index < -0.39 is 5.67 Å². The molecule has 0 aromatic carbocycles. The molecule has 2 aliphatic heterocycles. The lowest BCUT2D eigenvalue weighted by Crippen LogP contribution is -2.43. The second-order valence-electron chi connectivity index (χ2n) is 9.19. The Labute approximate surface area is 198 Å². The Bertz CT molecular complexity index is 1130. The average molecular weight is 464 g/mol. The maximum atomic E-state index is 15.5. The number of nitrogens with one attached hydrogen (secondary N) is 3. The number of carbonyl (C=O) groups excluding carboxylic acids is 1. The molecule has 3 aliphatic rings. The standard InChI is InChI=1S/C25H30FN7O/c1-25(26)9-5-8-20(22(25)32-11-3-2-4-12-32)31-24(34)23-28-15-21(30-23)19-14-29-33(17-19)16-18-7-6-10-27-13-18/h5-8,10,13,15,17,29H,2-4,9,11-12,14,16H2,1H3,(H,28,30)(H,31,34). The maximum absolute atomic E-state index is 15.5. The molecule has 178 valence electrons. The SMILES string of the molecule is CC1(F)CC=CC(NC(=O)c2ncc(C3=CN(Cc4cccnc4)NC3)[nH]2)=C1N1CCCCC1. The highest BCUT2D eigenvalue weighted by molar-refractivity contribution is 5.92. The third-order valence-corrected chi connectivity index (χ3v) is 6.45. The second-order valence-corrected chi connectivity index (χ2v) is 9.19. The summed E-state index contributed by atoms with van der Waals surface area (Å²) in [7, 11) is 0. The average Bonchev–Trinajstić information content (AvgIpc) is 3.50. The number of H-pyrrole nitrogens is 1. The first-order valence-electron chi connectivity index (χ1n) is 11.8. The summed E-state index contributed by atoms with van der Waals surface area (Å²) in [6.45, 7) is 4.51. The van der Waals surface area contributed by atoms with Crippen LogP contribution < -0.4 is 10.7 Å². The molecule has 1 fully saturated rings. The minimum absolute atomic E-state index is 0.201. The van der Waals surface area contributed by atoms with Crippen LogP contribution in [-0.4, -0.2) is 56.1 Å². The summed E-state index contributed by atoms with van der Waals surface area (Å²) in [6, 6.07) is 3.93. The predicted molar refractivity (Wildman–Crippen MR) is 128 cm³/mol. The van der Waals surface area contributed by atoms with Gasteiger partial charge in [0.05, 0.1) is 29.8 Å². The lowest BCUT2D eigenvalue weighted by molar-refractivity contribution is 0.0950. The van der Waals surface area contributed by atoms with E-state index in [4.69, 9.17) is 0 Å². The molecule has 1 aliphatic carbocycles. The molecule has 2 aromatic rings. The molecule has 0 spiro atoms. The number of imidazole rings is 1. The van der Waals surface area contributed by atoms with Gasteiger partial charge in [0, 0.05) is 50.2 Å². The fraction of sp³-hybridized carbons (Fsp3) is 0.400. The van der Waals surface area contributed by atoms with Crippen molar-refractivity contribution in [1.29, 1.82) is 0 Å². The van der Waals surface area contributed by atoms with Crippen LogP contribution >= 0.6 is 0 Å². The largest absolute Gasteiger partial charge is 0.371 e. The number of allylic oxidation sites excluding steroid dienone is 3. The fourth-order valence-electron chi connectivity index (χ4n) is 4.77. The van der Waals surface area contributed by atoms with Crippen LogP contribution in [0.2, 0.25) is 0 Å². The van der Waals surface area contributed by atoms with Gasteiger partial charge in [-0.25, -0.2) is 14.8 Å². The zero-order valence-electron chi connectivity index (χ0n) is 19.4. The molecule has 4 heterocycles. The van der Waals surface area contributed by atoms with Crippen molar-refractivity contribution in [2.75, 3.05) is 19.6 Å². The summed E-state index contributed by atoms with van der Waals surface area (Å²) in [5, 5.41) is 4.89. The van der Waals surface area contributed by atoms with Crippen LogP contribution in [0.15, 0.2) is 60.5 Å². The first-order valence-corrected chi connectivity index (χ1v) is 11.8. The molecule has 0 radical (unpaired) electrons. The fourth-order valence-corrected chi connectivity index (χ4v) is 4.77. The van der Waals surface area contributed by atoms with Gasteiger partial charge >= 0.3 is 0 Å². The van der Waals surface area contributed by atoms with Crippen LogP contribution in [0, 0.1) is 0 Å². The van der Waals surface area contributed by atoms with Crippen LogP contribution in [0.3, 0.4) is 0 Å². The van der Waals surface area contributed by atoms with Gasteiger partial charge in [0.2, 0.25) is 0 Å². The first kappa shape index (κ1) is 22.3. The molecule has 9 heteroatoms. The quantitative estimate of drug-likeness (QED) is 0.609. The third-order valence-electron chi connectivity index (χ3n) is 6.45. The summed E-state index contributed by atoms with van der Waals surface area (Å²) in [5.41, 5.74) is 5.75. The minimum atomic E-state index is -1.51. The zero-order chi connectivity index (χ0) is 23.5. The smallest absolute Gasteiger partial charge is 0.291 e. The van der Waals surface area contributed by atoms with Gasteiger partial charge in [-0.15, -0.1) is 0 Å². The highest BCUT2D eigenvalue weighted by Gasteiger charge is 2.37. The van der Waals surface area contributed by atoms with E-state index in [1.165, 1.54) is 0 Å². The number of carbonyl (C=O) groups is 1. The first-order chi connectivity index (χ1) is 16.5. The second kappa shape index (κ2) is 9.42. The molecule has 2 aromatic heterocycles. The van der Waals surface area contributed by atoms with Crippen LogP contribution in [0.5, 0.6) is 0 Å². The van der Waals surface area contributed by atoms with E-state index in [-0.39, 0.29) is 11.7 Å². The van der Waals surface area contributed by atoms with Crippen LogP contribution in [0.1, 0.15) is 54.5 Å². The molecule has 1 saturated heterocycles. The van der Waals surface area contributed by atoms with Gasteiger partial charge in [-0.2, -0.15) is 0 Å². The van der Waals surface area contributed by atoms with E-state index in [1.807, 2.05) is 35.6 Å². The number of piperidine rings is 1. The van der Waals surface area contributed by atoms with E-state index in [2.05, 4.69) is 30.6 Å². The molecule has 0 bridgehead atoms. The monoisotopic (exact) mass is 463 g/mol. The van der Waals surface area contributed by atoms with Crippen molar-refractivity contribution >= 4 is 11.5 Å². The molecule has 1 atom stereocenters. The van der Waals surface area contributed by atoms with Crippen molar-refractivity contribution in [3.05, 3.63) is 77.6 Å². The van der Waals surface area contributed by atoms with E-state index in [0.29, 0.717) is 30.9 Å². The number of pyridine rings is 1. The molecule has 1 unspecified atom stereocenters. The zero-order valence-corrected chi connectivity index (χ0v) is 19.4. The topological polar surface area (TPSA) is 89.2 Å². The van der Waals surface area contributed by atoms with Crippen molar-refractivity contribution in [3.8, 4) is 0 Å². The number of rotatable bonds is 6. The van der Waals surface area contributed by atoms with Gasteiger partial charge in [0.25, 0.3) is 5.91 Å². The highest BCUT2D eigenvalue weighted by atomic mass is 19.1. The van der Waals surface area contributed by atoms with Crippen LogP contribution in [0.4, 0.5) is 4.39 Å². The number of halogens is 1. The Morgan fingerprint density at radius 2 is 2.12 bits per heavy atom. The van der Waals surface area contributed by atoms with E-state index in [0.717, 1.165) is 49.2 Å². The van der Waals surface area contributed by atoms with Crippen molar-refractivity contribution in [2.45, 2.75) is 44.8 Å². The number of likely N-dealkylation sites (tertiary alicyclic amines) is 1. The Morgan fingerprint density at radius 1 is 1.26 bits per heavy atom. The predicted octanol–water partition coefficient (Wildman–Crippen LogP) is 3.28. The number of hydrazine groups is 1. The third kappa shape index (κ3) is 4.75. The highest BCUT2D eigenvalue weighted by Crippen LogP contribution is 2.36. The number of nitrogens with zero attached hydrogens (tertiary/aromatic N) is 4. The van der Waals surface area contributed by atoms with E-state index in [1.54, 1.807) is 25.4 Å². The van der Waals surface area contributed by atoms with E-state index in [9.17, 15) is 4.79 Å². The Morgan fingerprint density at radius 3 is 2.91 bits per heavy atom. The van der Waals surface area contributed by atoms with Gasteiger partial charge in [0.1, 0.15) is 0 Å². The molecular weight excluding hydrogens is 433 g/mol. The molecular formula is C25H30FN7O. The van der Waals surface area contributed by atoms with Crippen molar-refractivity contribution < 1.29 is 9.18 Å². The van der Waals surface area contributed by atoms with Crippen molar-refractivity contribution in [3.63, 3.8) is 0 Å². The number of alkyl halides is 1. The summed E-state index contributed by atoms with van der Waals surface area (Å²) >= 11 is 0. The van der Waals surface area contributed by atoms with Gasteiger partial charge < -0.3 is 20.2 Å². The van der Waals surface area contributed by atoms with Crippen LogP contribution in [-0.2, 0) is 6.54 Å². The summed E-state index contributed by atoms with van der Waals surface area (Å²) in [6.07, 6.45) is 14.4. The Hall–Kier alpha value is -3.46. The van der Waals surface area contributed by atoms with Gasteiger partial charge in [0.15, 0.2) is 11.5 Å². The lowest BCUT2D eigenvalue weighted by Gasteiger charge is -2.39. The molecule has 3 N–H and O–H groups in total. The molecule has 1 amide bonds. The number of hydrogen-bond donors (Lipinski definition) is 3. The summed E-state index contributed by atoms with van der Waals surface area (Å²) < 4.78 is 15.5. The number of amides is 1. The maximum Gasteiger partial charge on any atom is 0.291 e. The van der Waals surface area contributed by atoms with Gasteiger partial charge in [-0.3, -0.25) is 9.78 Å². The van der Waals surface area contributed by atoms with Gasteiger partial charge in [-0.05, 0) is 43.9 Å².